The van der Waals surface area contributed by atoms with Gasteiger partial charge in [0.25, 0.3) is 0 Å². The highest BCUT2D eigenvalue weighted by Gasteiger charge is 2.32. The van der Waals surface area contributed by atoms with Gasteiger partial charge in [-0.25, -0.2) is 4.98 Å². The number of nitrogens with zero attached hydrogens (tertiary/aromatic N) is 3. The summed E-state index contributed by atoms with van der Waals surface area (Å²) in [5, 5.41) is 7.56. The van der Waals surface area contributed by atoms with Crippen LogP contribution >= 0.6 is 11.6 Å². The Morgan fingerprint density at radius 2 is 2.26 bits per heavy atom. The van der Waals surface area contributed by atoms with E-state index in [0.29, 0.717) is 6.42 Å². The Morgan fingerprint density at radius 1 is 1.43 bits per heavy atom. The Labute approximate surface area is 141 Å². The topological polar surface area (TPSA) is 61.9 Å². The van der Waals surface area contributed by atoms with Gasteiger partial charge in [0.15, 0.2) is 0 Å². The highest BCUT2D eigenvalue weighted by molar-refractivity contribution is 6.31. The first-order valence-corrected chi connectivity index (χ1v) is 8.43. The van der Waals surface area contributed by atoms with Crippen molar-refractivity contribution >= 4 is 17.5 Å². The lowest BCUT2D eigenvalue weighted by Crippen LogP contribution is -2.42. The van der Waals surface area contributed by atoms with Crippen LogP contribution < -0.4 is 0 Å². The van der Waals surface area contributed by atoms with E-state index in [0.717, 1.165) is 42.2 Å². The van der Waals surface area contributed by atoms with Crippen molar-refractivity contribution in [2.24, 2.45) is 5.92 Å². The molecule has 3 rings (SSSR count). The number of halogens is 1. The molecule has 2 aromatic rings. The smallest absolute Gasteiger partial charge is 0.226 e. The maximum absolute atomic E-state index is 12.9. The fourth-order valence-corrected chi connectivity index (χ4v) is 3.43. The lowest BCUT2D eigenvalue weighted by atomic mass is 9.95. The van der Waals surface area contributed by atoms with E-state index < -0.39 is 0 Å². The number of hydrogen-bond donors (Lipinski definition) is 1. The molecule has 0 bridgehead atoms. The molecule has 1 fully saturated rings. The Morgan fingerprint density at radius 3 is 3.00 bits per heavy atom. The van der Waals surface area contributed by atoms with Crippen molar-refractivity contribution in [3.63, 3.8) is 0 Å². The quantitative estimate of drug-likeness (QED) is 0.933. The van der Waals surface area contributed by atoms with Crippen LogP contribution in [0.25, 0.3) is 0 Å². The molecule has 5 nitrogen and oxygen atoms in total. The van der Waals surface area contributed by atoms with Gasteiger partial charge in [-0.1, -0.05) is 36.7 Å². The molecule has 1 aliphatic heterocycles. The minimum absolute atomic E-state index is 0.00689. The first-order valence-electron chi connectivity index (χ1n) is 8.06. The molecule has 2 atom stereocenters. The van der Waals surface area contributed by atoms with Crippen LogP contribution in [0, 0.1) is 5.92 Å². The summed E-state index contributed by atoms with van der Waals surface area (Å²) in [5.41, 5.74) is 1.02. The first-order chi connectivity index (χ1) is 11.2. The molecule has 0 saturated carbocycles. The van der Waals surface area contributed by atoms with Gasteiger partial charge in [-0.05, 0) is 37.3 Å². The van der Waals surface area contributed by atoms with Gasteiger partial charge in [0.1, 0.15) is 12.2 Å². The summed E-state index contributed by atoms with van der Waals surface area (Å²) in [6.07, 6.45) is 5.22. The summed E-state index contributed by atoms with van der Waals surface area (Å²) < 4.78 is 0. The molecule has 0 radical (unpaired) electrons. The fraction of sp³-hybridized carbons (Fsp3) is 0.471. The summed E-state index contributed by atoms with van der Waals surface area (Å²) in [5.74, 6) is 0.826. The van der Waals surface area contributed by atoms with Crippen molar-refractivity contribution in [2.75, 3.05) is 6.54 Å². The summed E-state index contributed by atoms with van der Waals surface area (Å²) in [7, 11) is 0. The molecule has 0 aliphatic carbocycles. The third kappa shape index (κ3) is 3.55. The maximum atomic E-state index is 12.9. The predicted octanol–water partition coefficient (Wildman–Crippen LogP) is 3.39. The van der Waals surface area contributed by atoms with Crippen molar-refractivity contribution in [1.82, 2.24) is 20.1 Å². The van der Waals surface area contributed by atoms with Gasteiger partial charge in [0.2, 0.25) is 5.91 Å². The third-order valence-electron chi connectivity index (χ3n) is 4.44. The van der Waals surface area contributed by atoms with Crippen molar-refractivity contribution in [1.29, 1.82) is 0 Å². The number of aromatic nitrogens is 3. The zero-order chi connectivity index (χ0) is 16.2. The summed E-state index contributed by atoms with van der Waals surface area (Å²) >= 11 is 6.22. The van der Waals surface area contributed by atoms with Gasteiger partial charge in [-0.2, -0.15) is 5.10 Å². The van der Waals surface area contributed by atoms with Crippen LogP contribution in [0.3, 0.4) is 0 Å². The molecule has 6 heteroatoms. The Bertz CT molecular complexity index is 658. The van der Waals surface area contributed by atoms with Crippen molar-refractivity contribution in [2.45, 2.75) is 38.6 Å². The molecule has 1 aromatic carbocycles. The van der Waals surface area contributed by atoms with E-state index in [1.807, 2.05) is 36.1 Å². The lowest BCUT2D eigenvalue weighted by molar-refractivity contribution is -0.139. The van der Waals surface area contributed by atoms with Gasteiger partial charge >= 0.3 is 0 Å². The molecule has 1 aromatic heterocycles. The summed E-state index contributed by atoms with van der Waals surface area (Å²) in [4.78, 5) is 19.1. The Kier molecular flexibility index (Phi) is 4.96. The van der Waals surface area contributed by atoms with Crippen LogP contribution in [0.2, 0.25) is 5.02 Å². The first kappa shape index (κ1) is 16.0. The van der Waals surface area contributed by atoms with Crippen LogP contribution in [0.1, 0.15) is 43.6 Å². The third-order valence-corrected chi connectivity index (χ3v) is 4.81. The lowest BCUT2D eigenvalue weighted by Gasteiger charge is -2.36. The predicted molar refractivity (Wildman–Crippen MR) is 89.0 cm³/mol. The van der Waals surface area contributed by atoms with Crippen LogP contribution in [-0.4, -0.2) is 32.5 Å². The normalized spacial score (nSPS) is 19.6. The molecule has 23 heavy (non-hydrogen) atoms. The number of likely N-dealkylation sites (tertiary alicyclic amines) is 1. The number of rotatable bonds is 4. The number of carbonyl (C=O) groups is 1. The van der Waals surface area contributed by atoms with Crippen LogP contribution in [0.5, 0.6) is 0 Å². The highest BCUT2D eigenvalue weighted by Crippen LogP contribution is 2.30. The number of piperidine rings is 1. The minimum Gasteiger partial charge on any atom is -0.332 e. The zero-order valence-corrected chi connectivity index (χ0v) is 14.0. The van der Waals surface area contributed by atoms with Gasteiger partial charge in [-0.3, -0.25) is 9.89 Å². The SMILES string of the molecule is CC(Cc1ccccc1Cl)C(=O)N1CCCCC1c1ncn[nH]1. The number of aromatic amines is 1. The Hall–Kier alpha value is -1.88. The second-order valence-corrected chi connectivity index (χ2v) is 6.52. The van der Waals surface area contributed by atoms with Gasteiger partial charge < -0.3 is 4.90 Å². The average molecular weight is 333 g/mol. The molecule has 2 unspecified atom stereocenters. The van der Waals surface area contributed by atoms with E-state index in [4.69, 9.17) is 11.6 Å². The van der Waals surface area contributed by atoms with Crippen LogP contribution in [-0.2, 0) is 11.2 Å². The van der Waals surface area contributed by atoms with E-state index >= 15 is 0 Å². The molecular weight excluding hydrogens is 312 g/mol. The number of nitrogens with one attached hydrogen (secondary N) is 1. The number of carbonyl (C=O) groups excluding carboxylic acids is 1. The molecule has 0 spiro atoms. The summed E-state index contributed by atoms with van der Waals surface area (Å²) in [6.45, 7) is 2.74. The molecule has 1 aliphatic rings. The largest absolute Gasteiger partial charge is 0.332 e. The number of benzene rings is 1. The molecule has 1 N–H and O–H groups in total. The Balaban J connectivity index is 1.73. The molecule has 1 amide bonds. The molecule has 2 heterocycles. The number of hydrogen-bond acceptors (Lipinski definition) is 3. The van der Waals surface area contributed by atoms with E-state index in [1.165, 1.54) is 6.33 Å². The fourth-order valence-electron chi connectivity index (χ4n) is 3.22. The summed E-state index contributed by atoms with van der Waals surface area (Å²) in [6, 6.07) is 7.72. The minimum atomic E-state index is -0.113. The second kappa shape index (κ2) is 7.13. The maximum Gasteiger partial charge on any atom is 0.226 e. The van der Waals surface area contributed by atoms with Crippen molar-refractivity contribution in [3.05, 3.63) is 47.0 Å². The number of amides is 1. The zero-order valence-electron chi connectivity index (χ0n) is 13.2. The van der Waals surface area contributed by atoms with Gasteiger partial charge in [0.05, 0.1) is 6.04 Å². The number of H-pyrrole nitrogens is 1. The van der Waals surface area contributed by atoms with E-state index in [-0.39, 0.29) is 17.9 Å². The van der Waals surface area contributed by atoms with Gasteiger partial charge in [0, 0.05) is 17.5 Å². The molecule has 122 valence electrons. The van der Waals surface area contributed by atoms with Crippen LogP contribution in [0.4, 0.5) is 0 Å². The van der Waals surface area contributed by atoms with Gasteiger partial charge in [-0.15, -0.1) is 0 Å². The molecular formula is C17H21ClN4O. The van der Waals surface area contributed by atoms with E-state index in [2.05, 4.69) is 15.2 Å². The van der Waals surface area contributed by atoms with Crippen molar-refractivity contribution in [3.8, 4) is 0 Å². The van der Waals surface area contributed by atoms with Crippen LogP contribution in [0.15, 0.2) is 30.6 Å². The van der Waals surface area contributed by atoms with E-state index in [9.17, 15) is 4.79 Å². The molecule has 1 saturated heterocycles. The van der Waals surface area contributed by atoms with Crippen molar-refractivity contribution < 1.29 is 4.79 Å². The highest BCUT2D eigenvalue weighted by atomic mass is 35.5. The second-order valence-electron chi connectivity index (χ2n) is 6.11. The van der Waals surface area contributed by atoms with E-state index in [1.54, 1.807) is 0 Å². The standard InChI is InChI=1S/C17H21ClN4O/c1-12(10-13-6-2-3-7-14(13)18)17(23)22-9-5-4-8-15(22)16-19-11-20-21-16/h2-3,6-7,11-12,15H,4-5,8-10H2,1H3,(H,19,20,21). The monoisotopic (exact) mass is 332 g/mol. The average Bonchev–Trinajstić information content (AvgIpc) is 3.10.